The second kappa shape index (κ2) is 13.2. The molecule has 4 nitrogen and oxygen atoms in total. The van der Waals surface area contributed by atoms with Crippen LogP contribution in [0.4, 0.5) is 17.1 Å². The van der Waals surface area contributed by atoms with Gasteiger partial charge in [-0.3, -0.25) is 0 Å². The Morgan fingerprint density at radius 2 is 0.943 bits per heavy atom. The van der Waals surface area contributed by atoms with Crippen LogP contribution in [-0.4, -0.2) is 13.4 Å². The molecule has 2 aliphatic rings. The number of rotatable bonds is 3. The molecular weight excluding hydrogens is 849 g/mol. The Bertz CT molecular complexity index is 4350. The average Bonchev–Trinajstić information content (AvgIpc) is 4.17. The van der Waals surface area contributed by atoms with Gasteiger partial charge in [-0.25, -0.2) is 0 Å². The fourth-order valence-electron chi connectivity index (χ4n) is 13.1. The maximum absolute atomic E-state index is 2.67. The lowest BCUT2D eigenvalue weighted by atomic mass is 9.80. The van der Waals surface area contributed by atoms with Gasteiger partial charge in [0.05, 0.1) is 38.6 Å². The lowest BCUT2D eigenvalue weighted by Crippen LogP contribution is -2.14. The zero-order chi connectivity index (χ0) is 47.5. The van der Waals surface area contributed by atoms with Crippen LogP contribution >= 0.6 is 0 Å². The maximum Gasteiger partial charge on any atom is 0.0622 e. The minimum absolute atomic E-state index is 0.00528. The number of fused-ring (bicyclic) bond motifs is 18. The van der Waals surface area contributed by atoms with Crippen molar-refractivity contribution in [1.82, 2.24) is 13.4 Å². The van der Waals surface area contributed by atoms with E-state index >= 15 is 0 Å². The molecule has 0 spiro atoms. The standard InChI is InChI=1S/C66H56N4/c1-64(2,3)37-23-26-57-46(27-37)50-29-39(66(7,8)9)31-52-47-36-60-48(35-59(47)69(57)62(50)52)51-30-38(65(4,5)6)28-49-45-25-24-41(34-58(45)70(60)61(49)51)67(40-17-11-10-12-18-40)42-32-53-43-19-13-15-21-55(43)68-56-22-16-14-20-44(56)54(33-42)63(53)68/h10-34,36,48H,35H2,1-9H3. The zero-order valence-corrected chi connectivity index (χ0v) is 41.6. The molecule has 0 saturated carbocycles. The Labute approximate surface area is 408 Å². The molecule has 0 radical (unpaired) electrons. The second-order valence-corrected chi connectivity index (χ2v) is 23.9. The molecule has 1 aliphatic heterocycles. The SMILES string of the molecule is CC(C)(C)c1cc2c3c(c1)c1ccc(N(c4ccccc4)c4cc5c6ccccc6n6c7ccccc7c(c4)c56)cc1n3C1=Cc3c(n4c5ccc(C(C)(C)C)cc5c5cc(C(C)(C)C)cc3c54)CC12. The summed E-state index contributed by atoms with van der Waals surface area (Å²) in [6, 6.07) is 58.3. The highest BCUT2D eigenvalue weighted by Crippen LogP contribution is 2.55. The van der Waals surface area contributed by atoms with Crippen molar-refractivity contribution in [1.29, 1.82) is 0 Å². The van der Waals surface area contributed by atoms with Gasteiger partial charge in [0, 0.05) is 94.8 Å². The summed E-state index contributed by atoms with van der Waals surface area (Å²) in [5.41, 5.74) is 22.4. The van der Waals surface area contributed by atoms with Crippen LogP contribution in [0.1, 0.15) is 102 Å². The molecule has 70 heavy (non-hydrogen) atoms. The van der Waals surface area contributed by atoms with Gasteiger partial charge < -0.3 is 18.3 Å². The van der Waals surface area contributed by atoms with Crippen molar-refractivity contribution >= 4 is 116 Å². The molecule has 15 rings (SSSR count). The van der Waals surface area contributed by atoms with E-state index < -0.39 is 0 Å². The summed E-state index contributed by atoms with van der Waals surface area (Å²) in [4.78, 5) is 2.49. The molecule has 340 valence electrons. The summed E-state index contributed by atoms with van der Waals surface area (Å²) in [5, 5.41) is 11.9. The molecule has 8 aromatic carbocycles. The minimum atomic E-state index is -0.0168. The van der Waals surface area contributed by atoms with Crippen LogP contribution in [0.3, 0.4) is 0 Å². The monoisotopic (exact) mass is 904 g/mol. The first-order chi connectivity index (χ1) is 33.6. The van der Waals surface area contributed by atoms with Gasteiger partial charge in [-0.2, -0.15) is 0 Å². The number of nitrogens with zero attached hydrogens (tertiary/aromatic N) is 4. The lowest BCUT2D eigenvalue weighted by molar-refractivity contribution is 0.590. The van der Waals surface area contributed by atoms with Crippen molar-refractivity contribution in [2.45, 2.75) is 90.9 Å². The number of hydrogen-bond acceptors (Lipinski definition) is 1. The molecule has 5 aromatic heterocycles. The van der Waals surface area contributed by atoms with Crippen molar-refractivity contribution in [2.24, 2.45) is 0 Å². The molecule has 1 atom stereocenters. The van der Waals surface area contributed by atoms with Crippen molar-refractivity contribution < 1.29 is 0 Å². The van der Waals surface area contributed by atoms with Crippen LogP contribution in [0.15, 0.2) is 152 Å². The first-order valence-corrected chi connectivity index (χ1v) is 25.4. The fraction of sp³-hybridized carbons (Fsp3) is 0.212. The predicted octanol–water partition coefficient (Wildman–Crippen LogP) is 18.0. The molecule has 0 fully saturated rings. The van der Waals surface area contributed by atoms with E-state index in [0.29, 0.717) is 0 Å². The molecule has 0 saturated heterocycles. The van der Waals surface area contributed by atoms with E-state index in [0.717, 1.165) is 23.5 Å². The molecule has 4 heteroatoms. The Kier molecular flexibility index (Phi) is 7.60. The third kappa shape index (κ3) is 5.21. The molecule has 0 N–H and O–H groups in total. The third-order valence-corrected chi connectivity index (χ3v) is 16.6. The van der Waals surface area contributed by atoms with Crippen LogP contribution < -0.4 is 4.90 Å². The predicted molar refractivity (Wildman–Crippen MR) is 299 cm³/mol. The zero-order valence-electron chi connectivity index (χ0n) is 41.6. The van der Waals surface area contributed by atoms with Crippen molar-refractivity contribution in [3.8, 4) is 0 Å². The topological polar surface area (TPSA) is 17.0 Å². The van der Waals surface area contributed by atoms with E-state index in [1.165, 1.54) is 126 Å². The number of anilines is 3. The van der Waals surface area contributed by atoms with Gasteiger partial charge >= 0.3 is 0 Å². The smallest absolute Gasteiger partial charge is 0.0622 e. The van der Waals surface area contributed by atoms with Gasteiger partial charge in [0.15, 0.2) is 0 Å². The summed E-state index contributed by atoms with van der Waals surface area (Å²) in [7, 11) is 0. The number of para-hydroxylation sites is 3. The van der Waals surface area contributed by atoms with Crippen molar-refractivity contribution in [2.75, 3.05) is 4.90 Å². The van der Waals surface area contributed by atoms with E-state index in [-0.39, 0.29) is 22.2 Å². The molecule has 1 aliphatic carbocycles. The van der Waals surface area contributed by atoms with Crippen LogP contribution in [0.5, 0.6) is 0 Å². The van der Waals surface area contributed by atoms with Crippen LogP contribution in [0.2, 0.25) is 0 Å². The lowest BCUT2D eigenvalue weighted by Gasteiger charge is -2.27. The maximum atomic E-state index is 2.67. The van der Waals surface area contributed by atoms with Gasteiger partial charge in [0.2, 0.25) is 0 Å². The number of hydrogen-bond donors (Lipinski definition) is 0. The summed E-state index contributed by atoms with van der Waals surface area (Å²) >= 11 is 0. The Morgan fingerprint density at radius 3 is 1.61 bits per heavy atom. The number of allylic oxidation sites excluding steroid dienone is 1. The molecular formula is C66H56N4. The highest BCUT2D eigenvalue weighted by atomic mass is 15.1. The first-order valence-electron chi connectivity index (χ1n) is 25.4. The van der Waals surface area contributed by atoms with Gasteiger partial charge in [0.25, 0.3) is 0 Å². The largest absolute Gasteiger partial charge is 0.312 e. The summed E-state index contributed by atoms with van der Waals surface area (Å²) < 4.78 is 7.81. The quantitative estimate of drug-likeness (QED) is 0.173. The minimum Gasteiger partial charge on any atom is -0.312 e. The van der Waals surface area contributed by atoms with Crippen LogP contribution in [-0.2, 0) is 22.7 Å². The molecule has 0 bridgehead atoms. The van der Waals surface area contributed by atoms with Crippen molar-refractivity contribution in [3.05, 3.63) is 185 Å². The normalized spacial score (nSPS) is 15.4. The Morgan fingerprint density at radius 1 is 0.400 bits per heavy atom. The van der Waals surface area contributed by atoms with Gasteiger partial charge in [-0.1, -0.05) is 135 Å². The summed E-state index contributed by atoms with van der Waals surface area (Å²) in [5.74, 6) is 0.221. The highest BCUT2D eigenvalue weighted by Gasteiger charge is 2.39. The van der Waals surface area contributed by atoms with E-state index in [9.17, 15) is 0 Å². The first kappa shape index (κ1) is 40.3. The van der Waals surface area contributed by atoms with E-state index in [1.54, 1.807) is 0 Å². The summed E-state index contributed by atoms with van der Waals surface area (Å²) in [6.45, 7) is 21.2. The van der Waals surface area contributed by atoms with Gasteiger partial charge in [0.1, 0.15) is 0 Å². The van der Waals surface area contributed by atoms with E-state index in [1.807, 2.05) is 0 Å². The Hall–Kier alpha value is -7.56. The Balaban J connectivity index is 1.00. The number of aromatic nitrogens is 3. The van der Waals surface area contributed by atoms with Gasteiger partial charge in [-0.05, 0) is 123 Å². The number of benzene rings is 8. The van der Waals surface area contributed by atoms with E-state index in [2.05, 4.69) is 238 Å². The van der Waals surface area contributed by atoms with Crippen LogP contribution in [0.25, 0.3) is 98.9 Å². The second-order valence-electron chi connectivity index (χ2n) is 23.9. The van der Waals surface area contributed by atoms with Gasteiger partial charge in [-0.15, -0.1) is 0 Å². The summed E-state index contributed by atoms with van der Waals surface area (Å²) in [6.07, 6.45) is 3.55. The molecule has 0 amide bonds. The van der Waals surface area contributed by atoms with E-state index in [4.69, 9.17) is 0 Å². The highest BCUT2D eigenvalue weighted by molar-refractivity contribution is 6.25. The molecule has 13 aromatic rings. The van der Waals surface area contributed by atoms with Crippen LogP contribution in [0, 0.1) is 0 Å². The molecule has 6 heterocycles. The fourth-order valence-corrected chi connectivity index (χ4v) is 13.1. The molecule has 1 unspecified atom stereocenters. The third-order valence-electron chi connectivity index (χ3n) is 16.6. The van der Waals surface area contributed by atoms with Crippen molar-refractivity contribution in [3.63, 3.8) is 0 Å². The average molecular weight is 905 g/mol.